The monoisotopic (exact) mass is 259 g/mol. The Bertz CT molecular complexity index is 320. The summed E-state index contributed by atoms with van der Waals surface area (Å²) in [6, 6.07) is 9.95. The summed E-state index contributed by atoms with van der Waals surface area (Å²) in [7, 11) is 0. The van der Waals surface area contributed by atoms with E-state index >= 15 is 0 Å². The summed E-state index contributed by atoms with van der Waals surface area (Å²) in [5.41, 5.74) is 1.07. The van der Waals surface area contributed by atoms with E-state index in [0.29, 0.717) is 0 Å². The van der Waals surface area contributed by atoms with Crippen molar-refractivity contribution in [2.45, 2.75) is 4.08 Å². The van der Waals surface area contributed by atoms with Gasteiger partial charge in [-0.05, 0) is 24.3 Å². The normalized spacial score (nSPS) is 11.4. The van der Waals surface area contributed by atoms with Crippen LogP contribution in [0.15, 0.2) is 30.3 Å². The summed E-state index contributed by atoms with van der Waals surface area (Å²) < 4.78 is -0.458. The van der Waals surface area contributed by atoms with Crippen LogP contribution in [0, 0.1) is 0 Å². The van der Waals surface area contributed by atoms with Crippen LogP contribution in [-0.2, 0) is 8.87 Å². The first-order chi connectivity index (χ1) is 7.21. The highest BCUT2D eigenvalue weighted by Gasteiger charge is 2.38. The van der Waals surface area contributed by atoms with Gasteiger partial charge in [-0.25, -0.2) is 0 Å². The van der Waals surface area contributed by atoms with E-state index in [4.69, 9.17) is 0 Å². The molecule has 1 aromatic rings. The van der Waals surface area contributed by atoms with E-state index < -0.39 is 4.08 Å². The van der Waals surface area contributed by atoms with E-state index in [9.17, 15) is 4.79 Å². The van der Waals surface area contributed by atoms with Gasteiger partial charge in [-0.3, -0.25) is 4.79 Å². The Morgan fingerprint density at radius 2 is 1.60 bits per heavy atom. The van der Waals surface area contributed by atoms with Crippen molar-refractivity contribution in [1.29, 1.82) is 0 Å². The van der Waals surface area contributed by atoms with Gasteiger partial charge in [0.1, 0.15) is 0 Å². The molecule has 0 bridgehead atoms. The fraction of sp³-hybridized carbons (Fsp3) is 0.364. The van der Waals surface area contributed by atoms with Gasteiger partial charge in [-0.1, -0.05) is 42.1 Å². The largest absolute Gasteiger partial charge is 0.284 e. The molecule has 0 unspecified atom stereocenters. The summed E-state index contributed by atoms with van der Waals surface area (Å²) in [5, 5.41) is 0.203. The van der Waals surface area contributed by atoms with Gasteiger partial charge < -0.3 is 0 Å². The zero-order chi connectivity index (χ0) is 11.3. The molecule has 0 saturated carbocycles. The summed E-state index contributed by atoms with van der Waals surface area (Å²) in [5.74, 6) is 0. The van der Waals surface area contributed by atoms with Crippen molar-refractivity contribution >= 4 is 40.4 Å². The van der Waals surface area contributed by atoms with Crippen molar-refractivity contribution in [3.63, 3.8) is 0 Å². The number of carbonyl (C=O) groups excluding carboxylic acids is 1. The minimum atomic E-state index is -0.458. The van der Waals surface area contributed by atoms with Gasteiger partial charge in [-0.2, -0.15) is 0 Å². The lowest BCUT2D eigenvalue weighted by Crippen LogP contribution is -2.25. The van der Waals surface area contributed by atoms with Crippen molar-refractivity contribution in [1.82, 2.24) is 0 Å². The van der Waals surface area contributed by atoms with Crippen LogP contribution in [0.2, 0.25) is 0 Å². The quantitative estimate of drug-likeness (QED) is 0.608. The Morgan fingerprint density at radius 1 is 1.07 bits per heavy atom. The number of hydrogen-bond donors (Lipinski definition) is 0. The smallest absolute Gasteiger partial charge is 0.219 e. The average molecular weight is 259 g/mol. The lowest BCUT2D eigenvalue weighted by Gasteiger charge is -2.27. The maximum Gasteiger partial charge on any atom is 0.219 e. The summed E-state index contributed by atoms with van der Waals surface area (Å²) in [6.45, 7) is 0. The Kier molecular flexibility index (Phi) is 5.09. The first kappa shape index (κ1) is 13.0. The molecular weight excluding hydrogens is 245 g/mol. The molecule has 82 valence electrons. The lowest BCUT2D eigenvalue weighted by molar-refractivity contribution is -0.111. The second kappa shape index (κ2) is 5.87. The summed E-state index contributed by atoms with van der Waals surface area (Å²) in [4.78, 5) is 12.0. The number of thioether (sulfide) groups is 3. The molecule has 0 N–H and O–H groups in total. The number of rotatable bonds is 4. The second-order valence-electron chi connectivity index (χ2n) is 2.88. The van der Waals surface area contributed by atoms with Crippen LogP contribution in [0.4, 0.5) is 0 Å². The molecule has 0 aliphatic heterocycles. The SMILES string of the molecule is CSC(=O)[13C](SC)(SC)c1ccccc1. The first-order valence-corrected chi connectivity index (χ1v) is 8.13. The lowest BCUT2D eigenvalue weighted by atomic mass is 10.3. The molecule has 1 aromatic carbocycles. The molecule has 0 aromatic heterocycles. The highest BCUT2D eigenvalue weighted by atomic mass is 32.2. The second-order valence-corrected chi connectivity index (χ2v) is 5.96. The van der Waals surface area contributed by atoms with Gasteiger partial charge in [0.15, 0.2) is 4.08 Å². The maximum absolute atomic E-state index is 12.0. The fourth-order valence-electron chi connectivity index (χ4n) is 1.40. The van der Waals surface area contributed by atoms with Crippen molar-refractivity contribution in [2.75, 3.05) is 18.8 Å². The van der Waals surface area contributed by atoms with Gasteiger partial charge in [0, 0.05) is 0 Å². The third kappa shape index (κ3) is 2.55. The molecule has 0 radical (unpaired) electrons. The van der Waals surface area contributed by atoms with Crippen LogP contribution in [0.5, 0.6) is 0 Å². The van der Waals surface area contributed by atoms with Crippen LogP contribution >= 0.6 is 35.3 Å². The molecule has 1 rings (SSSR count). The molecule has 0 heterocycles. The molecule has 0 spiro atoms. The molecule has 0 fully saturated rings. The molecule has 1 nitrogen and oxygen atoms in total. The molecule has 0 saturated heterocycles. The van der Waals surface area contributed by atoms with E-state index in [1.165, 1.54) is 11.8 Å². The van der Waals surface area contributed by atoms with Crippen molar-refractivity contribution in [3.8, 4) is 0 Å². The van der Waals surface area contributed by atoms with Crippen LogP contribution in [0.25, 0.3) is 0 Å². The Labute approximate surface area is 104 Å². The standard InChI is InChI=1S/C11H14OS3/c1-13-10(12)11(14-2,15-3)9-7-5-4-6-8-9/h4-8H,1-3H3/i11+1. The zero-order valence-corrected chi connectivity index (χ0v) is 11.5. The minimum Gasteiger partial charge on any atom is -0.284 e. The Morgan fingerprint density at radius 3 is 2.00 bits per heavy atom. The van der Waals surface area contributed by atoms with Gasteiger partial charge >= 0.3 is 0 Å². The molecule has 0 aliphatic carbocycles. The van der Waals surface area contributed by atoms with Gasteiger partial charge in [0.25, 0.3) is 0 Å². The van der Waals surface area contributed by atoms with Gasteiger partial charge in [-0.15, -0.1) is 23.5 Å². The van der Waals surface area contributed by atoms with Crippen molar-refractivity contribution < 1.29 is 4.79 Å². The third-order valence-corrected chi connectivity index (χ3v) is 6.11. The third-order valence-electron chi connectivity index (χ3n) is 2.18. The topological polar surface area (TPSA) is 17.1 Å². The van der Waals surface area contributed by atoms with Crippen LogP contribution in [0.1, 0.15) is 5.56 Å². The highest BCUT2D eigenvalue weighted by Crippen LogP contribution is 2.46. The van der Waals surface area contributed by atoms with E-state index in [-0.39, 0.29) is 5.12 Å². The average Bonchev–Trinajstić information content (AvgIpc) is 2.32. The molecule has 0 amide bonds. The van der Waals surface area contributed by atoms with E-state index in [1.54, 1.807) is 23.5 Å². The van der Waals surface area contributed by atoms with Gasteiger partial charge in [0.2, 0.25) is 5.12 Å². The molecule has 0 atom stereocenters. The number of carbonyl (C=O) groups is 1. The Balaban J connectivity index is 3.17. The minimum absolute atomic E-state index is 0.203. The van der Waals surface area contributed by atoms with Crippen LogP contribution in [-0.4, -0.2) is 23.9 Å². The van der Waals surface area contributed by atoms with Crippen molar-refractivity contribution in [3.05, 3.63) is 35.9 Å². The number of hydrogen-bond acceptors (Lipinski definition) is 4. The van der Waals surface area contributed by atoms with E-state index in [2.05, 4.69) is 0 Å². The van der Waals surface area contributed by atoms with E-state index in [0.717, 1.165) is 5.56 Å². The predicted molar refractivity (Wildman–Crippen MR) is 73.7 cm³/mol. The molecule has 0 aliphatic rings. The summed E-state index contributed by atoms with van der Waals surface area (Å²) in [6.07, 6.45) is 5.81. The zero-order valence-electron chi connectivity index (χ0n) is 9.02. The molecule has 15 heavy (non-hydrogen) atoms. The van der Waals surface area contributed by atoms with Crippen LogP contribution in [0.3, 0.4) is 0 Å². The fourth-order valence-corrected chi connectivity index (χ4v) is 4.53. The van der Waals surface area contributed by atoms with Crippen molar-refractivity contribution in [2.24, 2.45) is 0 Å². The van der Waals surface area contributed by atoms with E-state index in [1.807, 2.05) is 49.1 Å². The molecule has 4 heteroatoms. The van der Waals surface area contributed by atoms with Gasteiger partial charge in [0.05, 0.1) is 0 Å². The number of benzene rings is 1. The molecular formula is C11H14OS3. The first-order valence-electron chi connectivity index (χ1n) is 4.45. The van der Waals surface area contributed by atoms with Crippen LogP contribution < -0.4 is 0 Å². The predicted octanol–water partition coefficient (Wildman–Crippen LogP) is 3.46. The maximum atomic E-state index is 12.0. The highest BCUT2D eigenvalue weighted by molar-refractivity contribution is 8.23. The summed E-state index contributed by atoms with van der Waals surface area (Å²) >= 11 is 4.49. The Hall–Kier alpha value is -0.0600.